The summed E-state index contributed by atoms with van der Waals surface area (Å²) in [6, 6.07) is 13.6. The summed E-state index contributed by atoms with van der Waals surface area (Å²) in [6.07, 6.45) is 5.29. The summed E-state index contributed by atoms with van der Waals surface area (Å²) in [5.74, 6) is 2.10. The monoisotopic (exact) mass is 363 g/mol. The Bertz CT molecular complexity index is 839. The largest absolute Gasteiger partial charge is 0.468 e. The van der Waals surface area contributed by atoms with E-state index in [9.17, 15) is 4.79 Å². The third kappa shape index (κ3) is 3.63. The lowest BCUT2D eigenvalue weighted by Crippen LogP contribution is -2.43. The van der Waals surface area contributed by atoms with Crippen LogP contribution in [-0.2, 0) is 6.54 Å². The van der Waals surface area contributed by atoms with Gasteiger partial charge in [0, 0.05) is 24.7 Å². The van der Waals surface area contributed by atoms with Crippen molar-refractivity contribution in [3.05, 3.63) is 59.5 Å². The molecule has 2 fully saturated rings. The quantitative estimate of drug-likeness (QED) is 0.834. The fraction of sp³-hybridized carbons (Fsp3) is 0.455. The van der Waals surface area contributed by atoms with E-state index in [0.29, 0.717) is 29.0 Å². The van der Waals surface area contributed by atoms with E-state index in [0.717, 1.165) is 25.4 Å². The van der Waals surface area contributed by atoms with E-state index in [2.05, 4.69) is 18.0 Å². The van der Waals surface area contributed by atoms with Crippen molar-refractivity contribution in [1.29, 1.82) is 5.26 Å². The lowest BCUT2D eigenvalue weighted by Gasteiger charge is -2.38. The Morgan fingerprint density at radius 2 is 2.19 bits per heavy atom. The molecular weight excluding hydrogens is 338 g/mol. The van der Waals surface area contributed by atoms with Gasteiger partial charge in [0.2, 0.25) is 0 Å². The highest BCUT2D eigenvalue weighted by atomic mass is 16.3. The zero-order chi connectivity index (χ0) is 18.8. The topological polar surface area (TPSA) is 60.5 Å². The SMILES string of the molecule is CN(Cc1ccco1)[C@@H]1CCC[C@@H]2CN(C(=O)c3cccc(C#N)c3)C[C@@H]21. The van der Waals surface area contributed by atoms with Gasteiger partial charge in [-0.05, 0) is 62.1 Å². The fourth-order valence-electron chi connectivity index (χ4n) is 4.82. The Balaban J connectivity index is 1.47. The molecule has 0 bridgehead atoms. The molecule has 2 heterocycles. The maximum atomic E-state index is 13.0. The minimum Gasteiger partial charge on any atom is -0.468 e. The maximum Gasteiger partial charge on any atom is 0.253 e. The normalized spacial score (nSPS) is 24.6. The number of likely N-dealkylation sites (tertiary alicyclic amines) is 1. The zero-order valence-electron chi connectivity index (χ0n) is 15.7. The van der Waals surface area contributed by atoms with Gasteiger partial charge in [0.15, 0.2) is 0 Å². The van der Waals surface area contributed by atoms with Crippen LogP contribution in [0.1, 0.15) is 40.9 Å². The predicted octanol–water partition coefficient (Wildman–Crippen LogP) is 3.52. The summed E-state index contributed by atoms with van der Waals surface area (Å²) >= 11 is 0. The minimum atomic E-state index is 0.0499. The summed E-state index contributed by atoms with van der Waals surface area (Å²) in [6.45, 7) is 2.43. The highest BCUT2D eigenvalue weighted by Gasteiger charge is 2.43. The molecule has 1 saturated heterocycles. The number of benzene rings is 1. The van der Waals surface area contributed by atoms with E-state index >= 15 is 0 Å². The minimum absolute atomic E-state index is 0.0499. The number of carbonyl (C=O) groups is 1. The molecule has 1 aliphatic carbocycles. The van der Waals surface area contributed by atoms with Crippen LogP contribution < -0.4 is 0 Å². The first-order valence-electron chi connectivity index (χ1n) is 9.68. The van der Waals surface area contributed by atoms with Gasteiger partial charge in [0.1, 0.15) is 5.76 Å². The van der Waals surface area contributed by atoms with Gasteiger partial charge in [-0.2, -0.15) is 5.26 Å². The molecule has 0 radical (unpaired) electrons. The molecule has 4 rings (SSSR count). The molecule has 5 nitrogen and oxygen atoms in total. The molecule has 5 heteroatoms. The van der Waals surface area contributed by atoms with Crippen molar-refractivity contribution >= 4 is 5.91 Å². The van der Waals surface area contributed by atoms with Gasteiger partial charge < -0.3 is 9.32 Å². The number of furan rings is 1. The van der Waals surface area contributed by atoms with Crippen LogP contribution in [0.3, 0.4) is 0 Å². The van der Waals surface area contributed by atoms with Gasteiger partial charge in [0.05, 0.1) is 24.4 Å². The standard InChI is InChI=1S/C22H25N3O2/c1-24(14-19-8-4-10-27-19)21-9-3-7-18-13-25(15-20(18)21)22(26)17-6-2-5-16(11-17)12-23/h2,4-6,8,10-11,18,20-21H,3,7,9,13-15H2,1H3/t18-,20+,21-/m1/s1. The molecular formula is C22H25N3O2. The van der Waals surface area contributed by atoms with Crippen LogP contribution in [0.5, 0.6) is 0 Å². The molecule has 140 valence electrons. The highest BCUT2D eigenvalue weighted by Crippen LogP contribution is 2.39. The first kappa shape index (κ1) is 17.8. The Morgan fingerprint density at radius 3 is 2.96 bits per heavy atom. The first-order chi connectivity index (χ1) is 13.2. The number of amides is 1. The Hall–Kier alpha value is -2.58. The van der Waals surface area contributed by atoms with E-state index in [1.807, 2.05) is 23.1 Å². The number of hydrogen-bond acceptors (Lipinski definition) is 4. The molecule has 1 saturated carbocycles. The Morgan fingerprint density at radius 1 is 1.30 bits per heavy atom. The molecule has 0 N–H and O–H groups in total. The number of carbonyl (C=O) groups excluding carboxylic acids is 1. The van der Waals surface area contributed by atoms with Crippen molar-refractivity contribution in [2.45, 2.75) is 31.8 Å². The van der Waals surface area contributed by atoms with Gasteiger partial charge in [-0.15, -0.1) is 0 Å². The summed E-state index contributed by atoms with van der Waals surface area (Å²) in [5, 5.41) is 9.09. The highest BCUT2D eigenvalue weighted by molar-refractivity contribution is 5.94. The van der Waals surface area contributed by atoms with E-state index in [-0.39, 0.29) is 5.91 Å². The van der Waals surface area contributed by atoms with Crippen LogP contribution in [0, 0.1) is 23.2 Å². The number of rotatable bonds is 4. The number of nitrogens with zero attached hydrogens (tertiary/aromatic N) is 3. The smallest absolute Gasteiger partial charge is 0.253 e. The van der Waals surface area contributed by atoms with E-state index in [1.165, 1.54) is 19.3 Å². The number of fused-ring (bicyclic) bond motifs is 1. The first-order valence-corrected chi connectivity index (χ1v) is 9.68. The molecule has 1 aromatic carbocycles. The van der Waals surface area contributed by atoms with Crippen LogP contribution in [0.25, 0.3) is 0 Å². The molecule has 1 aliphatic heterocycles. The molecule has 2 aliphatic rings. The van der Waals surface area contributed by atoms with Crippen molar-refractivity contribution < 1.29 is 9.21 Å². The molecule has 2 aromatic rings. The van der Waals surface area contributed by atoms with Crippen LogP contribution in [0.4, 0.5) is 0 Å². The van der Waals surface area contributed by atoms with E-state index in [1.54, 1.807) is 24.5 Å². The molecule has 0 spiro atoms. The van der Waals surface area contributed by atoms with Crippen LogP contribution in [0.2, 0.25) is 0 Å². The third-order valence-corrected chi connectivity index (χ3v) is 6.14. The molecule has 3 atom stereocenters. The molecule has 27 heavy (non-hydrogen) atoms. The van der Waals surface area contributed by atoms with Crippen LogP contribution in [-0.4, -0.2) is 41.9 Å². The fourth-order valence-corrected chi connectivity index (χ4v) is 4.82. The van der Waals surface area contributed by atoms with E-state index in [4.69, 9.17) is 9.68 Å². The van der Waals surface area contributed by atoms with Gasteiger partial charge >= 0.3 is 0 Å². The second-order valence-corrected chi connectivity index (χ2v) is 7.82. The average molecular weight is 363 g/mol. The lowest BCUT2D eigenvalue weighted by molar-refractivity contribution is 0.0767. The van der Waals surface area contributed by atoms with Gasteiger partial charge in [0.25, 0.3) is 5.91 Å². The van der Waals surface area contributed by atoms with Crippen molar-refractivity contribution in [2.24, 2.45) is 11.8 Å². The Labute approximate surface area is 160 Å². The summed E-state index contributed by atoms with van der Waals surface area (Å²) in [4.78, 5) is 17.4. The van der Waals surface area contributed by atoms with E-state index < -0.39 is 0 Å². The maximum absolute atomic E-state index is 13.0. The average Bonchev–Trinajstić information content (AvgIpc) is 3.36. The lowest BCUT2D eigenvalue weighted by atomic mass is 9.77. The van der Waals surface area contributed by atoms with Crippen molar-refractivity contribution in [2.75, 3.05) is 20.1 Å². The van der Waals surface area contributed by atoms with Gasteiger partial charge in [-0.1, -0.05) is 12.5 Å². The van der Waals surface area contributed by atoms with Crippen LogP contribution >= 0.6 is 0 Å². The van der Waals surface area contributed by atoms with Crippen LogP contribution in [0.15, 0.2) is 47.1 Å². The zero-order valence-corrected chi connectivity index (χ0v) is 15.7. The molecule has 0 unspecified atom stereocenters. The molecule has 1 amide bonds. The number of hydrogen-bond donors (Lipinski definition) is 0. The third-order valence-electron chi connectivity index (χ3n) is 6.14. The van der Waals surface area contributed by atoms with Gasteiger partial charge in [-0.3, -0.25) is 9.69 Å². The Kier molecular flexibility index (Phi) is 5.00. The van der Waals surface area contributed by atoms with Crippen molar-refractivity contribution in [3.63, 3.8) is 0 Å². The van der Waals surface area contributed by atoms with Crippen molar-refractivity contribution in [1.82, 2.24) is 9.80 Å². The van der Waals surface area contributed by atoms with Gasteiger partial charge in [-0.25, -0.2) is 0 Å². The summed E-state index contributed by atoms with van der Waals surface area (Å²) < 4.78 is 5.51. The predicted molar refractivity (Wildman–Crippen MR) is 102 cm³/mol. The molecule has 1 aromatic heterocycles. The van der Waals surface area contributed by atoms with Crippen molar-refractivity contribution in [3.8, 4) is 6.07 Å². The second-order valence-electron chi connectivity index (χ2n) is 7.82. The second kappa shape index (κ2) is 7.58. The number of nitriles is 1. The summed E-state index contributed by atoms with van der Waals surface area (Å²) in [5.41, 5.74) is 1.15. The summed E-state index contributed by atoms with van der Waals surface area (Å²) in [7, 11) is 2.16.